The van der Waals surface area contributed by atoms with Gasteiger partial charge in [0.15, 0.2) is 0 Å². The minimum Gasteiger partial charge on any atom is -0.385 e. The van der Waals surface area contributed by atoms with Crippen molar-refractivity contribution in [1.29, 1.82) is 0 Å². The van der Waals surface area contributed by atoms with Gasteiger partial charge in [-0.25, -0.2) is 0 Å². The van der Waals surface area contributed by atoms with Crippen molar-refractivity contribution in [3.63, 3.8) is 0 Å². The molecule has 0 aromatic heterocycles. The van der Waals surface area contributed by atoms with E-state index in [2.05, 4.69) is 5.32 Å². The van der Waals surface area contributed by atoms with Gasteiger partial charge < -0.3 is 15.8 Å². The lowest BCUT2D eigenvalue weighted by Gasteiger charge is -2.28. The van der Waals surface area contributed by atoms with Crippen LogP contribution in [0.5, 0.6) is 0 Å². The molecule has 1 unspecified atom stereocenters. The van der Waals surface area contributed by atoms with Gasteiger partial charge in [0, 0.05) is 26.3 Å². The largest absolute Gasteiger partial charge is 0.385 e. The molecule has 112 valence electrons. The number of rotatable bonds is 7. The van der Waals surface area contributed by atoms with Gasteiger partial charge in [-0.2, -0.15) is 0 Å². The number of carbonyl (C=O) groups is 1. The van der Waals surface area contributed by atoms with E-state index in [0.717, 1.165) is 32.1 Å². The number of hydrogen-bond donors (Lipinski definition) is 2. The Hall–Kier alpha value is -0.320. The predicted octanol–water partition coefficient (Wildman–Crippen LogP) is 1.86. The Morgan fingerprint density at radius 3 is 2.58 bits per heavy atom. The van der Waals surface area contributed by atoms with Crippen molar-refractivity contribution < 1.29 is 9.53 Å². The molecule has 4 nitrogen and oxygen atoms in total. The zero-order valence-corrected chi connectivity index (χ0v) is 12.6. The number of hydrogen-bond acceptors (Lipinski definition) is 3. The molecule has 0 saturated heterocycles. The maximum Gasteiger partial charge on any atom is 0.226 e. The van der Waals surface area contributed by atoms with Crippen LogP contribution in [0.1, 0.15) is 44.9 Å². The highest BCUT2D eigenvalue weighted by molar-refractivity contribution is 5.85. The van der Waals surface area contributed by atoms with E-state index in [9.17, 15) is 4.79 Å². The molecule has 3 N–H and O–H groups in total. The van der Waals surface area contributed by atoms with Gasteiger partial charge in [0.1, 0.15) is 0 Å². The van der Waals surface area contributed by atoms with E-state index in [1.165, 1.54) is 12.8 Å². The number of methoxy groups -OCH3 is 1. The third-order valence-corrected chi connectivity index (χ3v) is 4.55. The quantitative estimate of drug-likeness (QED) is 0.752. The molecular weight excluding hydrogens is 264 g/mol. The molecular formula is C14H27ClN2O2. The molecule has 0 spiro atoms. The first kappa shape index (κ1) is 16.7. The molecule has 0 radical (unpaired) electrons. The number of nitrogens with two attached hydrogens (primary N) is 1. The average molecular weight is 291 g/mol. The zero-order chi connectivity index (χ0) is 13.0. The Bertz CT molecular complexity index is 289. The summed E-state index contributed by atoms with van der Waals surface area (Å²) in [5.41, 5.74) is 5.85. The van der Waals surface area contributed by atoms with E-state index in [1.54, 1.807) is 7.11 Å². The fourth-order valence-electron chi connectivity index (χ4n) is 3.03. The van der Waals surface area contributed by atoms with Crippen LogP contribution in [0.15, 0.2) is 0 Å². The summed E-state index contributed by atoms with van der Waals surface area (Å²) in [6.07, 6.45) is 7.62. The van der Waals surface area contributed by atoms with Crippen LogP contribution < -0.4 is 11.1 Å². The predicted molar refractivity (Wildman–Crippen MR) is 78.4 cm³/mol. The van der Waals surface area contributed by atoms with Gasteiger partial charge in [-0.15, -0.1) is 12.4 Å². The molecule has 1 amide bonds. The second-order valence-corrected chi connectivity index (χ2v) is 5.94. The molecule has 2 saturated carbocycles. The standard InChI is InChI=1S/C14H26N2O2.ClH/c1-18-9-8-14(6-2-3-7-14)13(17)16-10-12(15)11-4-5-11;/h11-12H,2-10,15H2,1H3,(H,16,17);1H. The lowest BCUT2D eigenvalue weighted by molar-refractivity contribution is -0.132. The van der Waals surface area contributed by atoms with Crippen molar-refractivity contribution in [3.8, 4) is 0 Å². The summed E-state index contributed by atoms with van der Waals surface area (Å²) in [5.74, 6) is 0.844. The molecule has 0 aromatic carbocycles. The maximum atomic E-state index is 12.4. The molecule has 0 bridgehead atoms. The summed E-state index contributed by atoms with van der Waals surface area (Å²) in [6, 6.07) is 0.148. The van der Waals surface area contributed by atoms with Crippen molar-refractivity contribution in [1.82, 2.24) is 5.32 Å². The summed E-state index contributed by atoms with van der Waals surface area (Å²) in [5, 5.41) is 3.08. The van der Waals surface area contributed by atoms with Crippen LogP contribution in [0.2, 0.25) is 0 Å². The minimum atomic E-state index is -0.181. The first-order valence-electron chi connectivity index (χ1n) is 7.21. The lowest BCUT2D eigenvalue weighted by Crippen LogP contribution is -2.45. The van der Waals surface area contributed by atoms with Crippen LogP contribution in [-0.2, 0) is 9.53 Å². The zero-order valence-electron chi connectivity index (χ0n) is 11.8. The van der Waals surface area contributed by atoms with Gasteiger partial charge in [0.25, 0.3) is 0 Å². The molecule has 2 fully saturated rings. The monoisotopic (exact) mass is 290 g/mol. The molecule has 0 aliphatic heterocycles. The highest BCUT2D eigenvalue weighted by atomic mass is 35.5. The van der Waals surface area contributed by atoms with Gasteiger partial charge in [0.05, 0.1) is 5.41 Å². The summed E-state index contributed by atoms with van der Waals surface area (Å²) in [7, 11) is 1.70. The van der Waals surface area contributed by atoms with E-state index >= 15 is 0 Å². The normalized spacial score (nSPS) is 22.6. The molecule has 2 rings (SSSR count). The maximum absolute atomic E-state index is 12.4. The molecule has 0 aromatic rings. The molecule has 1 atom stereocenters. The first-order valence-corrected chi connectivity index (χ1v) is 7.21. The SMILES string of the molecule is COCCC1(C(=O)NCC(N)C2CC2)CCCC1.Cl. The number of carbonyl (C=O) groups excluding carboxylic acids is 1. The van der Waals surface area contributed by atoms with Crippen LogP contribution in [0.25, 0.3) is 0 Å². The van der Waals surface area contributed by atoms with Crippen molar-refractivity contribution in [2.24, 2.45) is 17.1 Å². The number of nitrogens with one attached hydrogen (secondary N) is 1. The Morgan fingerprint density at radius 2 is 2.05 bits per heavy atom. The van der Waals surface area contributed by atoms with E-state index in [4.69, 9.17) is 10.5 Å². The fourth-order valence-corrected chi connectivity index (χ4v) is 3.03. The van der Waals surface area contributed by atoms with Crippen LogP contribution in [-0.4, -0.2) is 32.2 Å². The highest BCUT2D eigenvalue weighted by Gasteiger charge is 2.41. The van der Waals surface area contributed by atoms with Gasteiger partial charge in [-0.1, -0.05) is 12.8 Å². The number of halogens is 1. The van der Waals surface area contributed by atoms with Crippen LogP contribution >= 0.6 is 12.4 Å². The molecule has 0 heterocycles. The molecule has 5 heteroatoms. The topological polar surface area (TPSA) is 64.3 Å². The third kappa shape index (κ3) is 4.33. The average Bonchev–Trinajstić information content (AvgIpc) is 3.12. The van der Waals surface area contributed by atoms with Crippen LogP contribution in [0.4, 0.5) is 0 Å². The van der Waals surface area contributed by atoms with Crippen molar-refractivity contribution in [2.45, 2.75) is 51.0 Å². The van der Waals surface area contributed by atoms with E-state index in [1.807, 2.05) is 0 Å². The third-order valence-electron chi connectivity index (χ3n) is 4.55. The Morgan fingerprint density at radius 1 is 1.42 bits per heavy atom. The smallest absolute Gasteiger partial charge is 0.226 e. The first-order chi connectivity index (χ1) is 8.68. The van der Waals surface area contributed by atoms with Crippen molar-refractivity contribution in [3.05, 3.63) is 0 Å². The Labute approximate surface area is 122 Å². The van der Waals surface area contributed by atoms with Crippen LogP contribution in [0.3, 0.4) is 0 Å². The molecule has 19 heavy (non-hydrogen) atoms. The summed E-state index contributed by atoms with van der Waals surface area (Å²) in [6.45, 7) is 1.31. The minimum absolute atomic E-state index is 0. The van der Waals surface area contributed by atoms with Crippen molar-refractivity contribution >= 4 is 18.3 Å². The van der Waals surface area contributed by atoms with Gasteiger partial charge >= 0.3 is 0 Å². The molecule has 2 aliphatic carbocycles. The fraction of sp³-hybridized carbons (Fsp3) is 0.929. The Kier molecular flexibility index (Phi) is 6.57. The Balaban J connectivity index is 0.00000180. The second-order valence-electron chi connectivity index (χ2n) is 5.94. The van der Waals surface area contributed by atoms with E-state index in [0.29, 0.717) is 19.1 Å². The van der Waals surface area contributed by atoms with Gasteiger partial charge in [0.2, 0.25) is 5.91 Å². The second kappa shape index (κ2) is 7.46. The lowest BCUT2D eigenvalue weighted by atomic mass is 9.82. The van der Waals surface area contributed by atoms with Gasteiger partial charge in [-0.05, 0) is 38.0 Å². The number of ether oxygens (including phenoxy) is 1. The van der Waals surface area contributed by atoms with E-state index in [-0.39, 0.29) is 29.8 Å². The number of amides is 1. The van der Waals surface area contributed by atoms with Crippen molar-refractivity contribution in [2.75, 3.05) is 20.3 Å². The van der Waals surface area contributed by atoms with E-state index < -0.39 is 0 Å². The summed E-state index contributed by atoms with van der Waals surface area (Å²) >= 11 is 0. The highest BCUT2D eigenvalue weighted by Crippen LogP contribution is 2.41. The summed E-state index contributed by atoms with van der Waals surface area (Å²) in [4.78, 5) is 12.4. The summed E-state index contributed by atoms with van der Waals surface area (Å²) < 4.78 is 5.15. The van der Waals surface area contributed by atoms with Gasteiger partial charge in [-0.3, -0.25) is 4.79 Å². The van der Waals surface area contributed by atoms with Crippen LogP contribution in [0, 0.1) is 11.3 Å². The molecule has 2 aliphatic rings.